The van der Waals surface area contributed by atoms with E-state index < -0.39 is 0 Å². The highest BCUT2D eigenvalue weighted by molar-refractivity contribution is 5.99. The molecule has 0 unspecified atom stereocenters. The fraction of sp³-hybridized carbons (Fsp3) is 0.158. The summed E-state index contributed by atoms with van der Waals surface area (Å²) in [5, 5.41) is 5.97. The summed E-state index contributed by atoms with van der Waals surface area (Å²) < 4.78 is 1.27. The van der Waals surface area contributed by atoms with Gasteiger partial charge in [0.2, 0.25) is 5.91 Å². The van der Waals surface area contributed by atoms with Gasteiger partial charge >= 0.3 is 0 Å². The van der Waals surface area contributed by atoms with Crippen LogP contribution in [0, 0.1) is 0 Å². The van der Waals surface area contributed by atoms with Crippen molar-refractivity contribution in [3.63, 3.8) is 0 Å². The van der Waals surface area contributed by atoms with E-state index in [0.29, 0.717) is 28.7 Å². The Hall–Kier alpha value is -3.48. The minimum atomic E-state index is -0.361. The number of rotatable bonds is 3. The minimum Gasteiger partial charge on any atom is -0.352 e. The number of carbonyl (C=O) groups excluding carboxylic acids is 2. The summed E-state index contributed by atoms with van der Waals surface area (Å²) in [5.41, 5.74) is 2.37. The van der Waals surface area contributed by atoms with Crippen LogP contribution in [-0.2, 0) is 17.8 Å². The van der Waals surface area contributed by atoms with Crippen LogP contribution in [0.25, 0.3) is 10.9 Å². The molecule has 0 bridgehead atoms. The Kier molecular flexibility index (Phi) is 3.96. The molecule has 0 spiro atoms. The van der Waals surface area contributed by atoms with Gasteiger partial charge in [-0.05, 0) is 36.2 Å². The first-order chi connectivity index (χ1) is 12.6. The lowest BCUT2D eigenvalue weighted by atomic mass is 10.00. The van der Waals surface area contributed by atoms with Crippen LogP contribution < -0.4 is 16.2 Å². The molecule has 3 aromatic rings. The number of fused-ring (bicyclic) bond motifs is 2. The lowest BCUT2D eigenvalue weighted by Crippen LogP contribution is -2.32. The van der Waals surface area contributed by atoms with Crippen molar-refractivity contribution in [3.8, 4) is 0 Å². The third-order valence-electron chi connectivity index (χ3n) is 4.36. The van der Waals surface area contributed by atoms with Crippen LogP contribution in [0.2, 0.25) is 0 Å². The number of hydrogen-bond acceptors (Lipinski definition) is 4. The number of anilines is 1. The van der Waals surface area contributed by atoms with Crippen molar-refractivity contribution < 1.29 is 9.59 Å². The van der Waals surface area contributed by atoms with Gasteiger partial charge in [0.25, 0.3) is 11.5 Å². The average Bonchev–Trinajstić information content (AvgIpc) is 2.65. The first-order valence-electron chi connectivity index (χ1n) is 8.27. The Labute approximate surface area is 148 Å². The summed E-state index contributed by atoms with van der Waals surface area (Å²) in [6, 6.07) is 12.2. The van der Waals surface area contributed by atoms with Gasteiger partial charge in [-0.25, -0.2) is 4.98 Å². The first kappa shape index (κ1) is 16.0. The maximum absolute atomic E-state index is 12.4. The highest BCUT2D eigenvalue weighted by Gasteiger charge is 2.17. The Morgan fingerprint density at radius 1 is 1.19 bits per heavy atom. The molecule has 0 aliphatic carbocycles. The van der Waals surface area contributed by atoms with Gasteiger partial charge < -0.3 is 10.6 Å². The summed E-state index contributed by atoms with van der Waals surface area (Å²) in [6.45, 7) is 0.468. The molecule has 2 amide bonds. The van der Waals surface area contributed by atoms with Crippen LogP contribution in [-0.4, -0.2) is 27.9 Å². The van der Waals surface area contributed by atoms with Crippen LogP contribution >= 0.6 is 0 Å². The second-order valence-corrected chi connectivity index (χ2v) is 6.12. The number of carbonyl (C=O) groups is 2. The van der Waals surface area contributed by atoms with Crippen LogP contribution in [0.15, 0.2) is 53.6 Å². The number of para-hydroxylation sites is 1. The predicted octanol–water partition coefficient (Wildman–Crippen LogP) is 1.32. The molecule has 2 N–H and O–H groups in total. The lowest BCUT2D eigenvalue weighted by molar-refractivity contribution is -0.116. The number of aromatic nitrogens is 2. The van der Waals surface area contributed by atoms with Crippen molar-refractivity contribution in [2.75, 3.05) is 11.9 Å². The molecule has 0 saturated heterocycles. The van der Waals surface area contributed by atoms with Gasteiger partial charge in [0.1, 0.15) is 6.54 Å². The Morgan fingerprint density at radius 2 is 2.04 bits per heavy atom. The van der Waals surface area contributed by atoms with Gasteiger partial charge in [-0.2, -0.15) is 0 Å². The van der Waals surface area contributed by atoms with Crippen LogP contribution in [0.3, 0.4) is 0 Å². The highest BCUT2D eigenvalue weighted by atomic mass is 16.2. The summed E-state index contributed by atoms with van der Waals surface area (Å²) in [6.07, 6.45) is 2.14. The molecule has 4 rings (SSSR count). The summed E-state index contributed by atoms with van der Waals surface area (Å²) in [7, 11) is 0. The molecule has 0 atom stereocenters. The van der Waals surface area contributed by atoms with Crippen molar-refractivity contribution in [3.05, 3.63) is 70.3 Å². The van der Waals surface area contributed by atoms with Crippen molar-refractivity contribution in [2.24, 2.45) is 0 Å². The summed E-state index contributed by atoms with van der Waals surface area (Å²) in [4.78, 5) is 40.9. The normalized spacial score (nSPS) is 13.2. The van der Waals surface area contributed by atoms with E-state index in [0.717, 1.165) is 12.0 Å². The molecule has 2 aromatic carbocycles. The van der Waals surface area contributed by atoms with E-state index in [9.17, 15) is 14.4 Å². The fourth-order valence-electron chi connectivity index (χ4n) is 3.06. The van der Waals surface area contributed by atoms with Crippen molar-refractivity contribution in [2.45, 2.75) is 13.0 Å². The topological polar surface area (TPSA) is 93.1 Å². The smallest absolute Gasteiger partial charge is 0.261 e. The van der Waals surface area contributed by atoms with Gasteiger partial charge in [-0.1, -0.05) is 18.2 Å². The van der Waals surface area contributed by atoms with Gasteiger partial charge in [0.05, 0.1) is 17.2 Å². The Bertz CT molecular complexity index is 1090. The maximum atomic E-state index is 12.4. The molecule has 7 nitrogen and oxygen atoms in total. The zero-order valence-electron chi connectivity index (χ0n) is 13.9. The average molecular weight is 348 g/mol. The van der Waals surface area contributed by atoms with Crippen molar-refractivity contribution in [1.29, 1.82) is 0 Å². The second kappa shape index (κ2) is 6.44. The number of hydrogen-bond donors (Lipinski definition) is 2. The van der Waals surface area contributed by atoms with E-state index in [1.54, 1.807) is 36.4 Å². The second-order valence-electron chi connectivity index (χ2n) is 6.12. The summed E-state index contributed by atoms with van der Waals surface area (Å²) >= 11 is 0. The van der Waals surface area contributed by atoms with E-state index in [4.69, 9.17) is 0 Å². The van der Waals surface area contributed by atoms with Gasteiger partial charge in [-0.15, -0.1) is 0 Å². The molecule has 7 heteroatoms. The Morgan fingerprint density at radius 3 is 2.92 bits per heavy atom. The number of benzene rings is 2. The van der Waals surface area contributed by atoms with Crippen LogP contribution in [0.4, 0.5) is 5.69 Å². The molecule has 1 aliphatic rings. The van der Waals surface area contributed by atoms with E-state index >= 15 is 0 Å². The Balaban J connectivity index is 1.55. The van der Waals surface area contributed by atoms with Crippen molar-refractivity contribution >= 4 is 28.4 Å². The largest absolute Gasteiger partial charge is 0.352 e. The fourth-order valence-corrected chi connectivity index (χ4v) is 3.06. The molecule has 0 fully saturated rings. The van der Waals surface area contributed by atoms with Crippen LogP contribution in [0.1, 0.15) is 15.9 Å². The highest BCUT2D eigenvalue weighted by Crippen LogP contribution is 2.19. The first-order valence-corrected chi connectivity index (χ1v) is 8.27. The van der Waals surface area contributed by atoms with Gasteiger partial charge in [0, 0.05) is 17.8 Å². The minimum absolute atomic E-state index is 0.141. The van der Waals surface area contributed by atoms with E-state index in [1.807, 2.05) is 6.07 Å². The number of nitrogens with one attached hydrogen (secondary N) is 2. The maximum Gasteiger partial charge on any atom is 0.261 e. The monoisotopic (exact) mass is 348 g/mol. The molecule has 1 aliphatic heterocycles. The van der Waals surface area contributed by atoms with E-state index in [2.05, 4.69) is 15.6 Å². The molecule has 2 heterocycles. The third-order valence-corrected chi connectivity index (χ3v) is 4.36. The van der Waals surface area contributed by atoms with E-state index in [1.165, 1.54) is 10.9 Å². The molecule has 26 heavy (non-hydrogen) atoms. The quantitative estimate of drug-likeness (QED) is 0.747. The summed E-state index contributed by atoms with van der Waals surface area (Å²) in [5.74, 6) is -0.502. The molecule has 1 aromatic heterocycles. The molecule has 0 radical (unpaired) electrons. The predicted molar refractivity (Wildman–Crippen MR) is 97.1 cm³/mol. The third kappa shape index (κ3) is 2.95. The standard InChI is InChI=1S/C19H16N4O3/c24-17(10-23-11-21-16-4-2-1-3-14(16)19(23)26)22-13-6-5-12-7-8-20-18(25)15(12)9-13/h1-6,9,11H,7-8,10H2,(H,20,25)(H,22,24). The number of nitrogens with zero attached hydrogens (tertiary/aromatic N) is 2. The molecule has 0 saturated carbocycles. The zero-order chi connectivity index (χ0) is 18.1. The van der Waals surface area contributed by atoms with Crippen molar-refractivity contribution in [1.82, 2.24) is 14.9 Å². The number of amides is 2. The zero-order valence-corrected chi connectivity index (χ0v) is 13.9. The molecule has 130 valence electrons. The van der Waals surface area contributed by atoms with Gasteiger partial charge in [-0.3, -0.25) is 19.0 Å². The molecular formula is C19H16N4O3. The molecular weight excluding hydrogens is 332 g/mol. The van der Waals surface area contributed by atoms with Gasteiger partial charge in [0.15, 0.2) is 0 Å². The van der Waals surface area contributed by atoms with E-state index in [-0.39, 0.29) is 23.9 Å². The lowest BCUT2D eigenvalue weighted by Gasteiger charge is -2.17. The SMILES string of the molecule is O=C(Cn1cnc2ccccc2c1=O)Nc1ccc2c(c1)C(=O)NCC2. The van der Waals surface area contributed by atoms with Crippen LogP contribution in [0.5, 0.6) is 0 Å².